The van der Waals surface area contributed by atoms with Crippen LogP contribution < -0.4 is 20.3 Å². The van der Waals surface area contributed by atoms with Gasteiger partial charge in [-0.15, -0.1) is 0 Å². The van der Waals surface area contributed by atoms with Crippen LogP contribution in [-0.4, -0.2) is 71.9 Å². The highest BCUT2D eigenvalue weighted by Gasteiger charge is 2.36. The fraction of sp³-hybridized carbons (Fsp3) is 0.304. The van der Waals surface area contributed by atoms with Gasteiger partial charge in [-0.2, -0.15) is 23.3 Å². The third kappa shape index (κ3) is 6.30. The van der Waals surface area contributed by atoms with Crippen LogP contribution in [0.4, 0.5) is 36.2 Å². The first-order chi connectivity index (χ1) is 17.0. The summed E-state index contributed by atoms with van der Waals surface area (Å²) >= 11 is 0. The molecule has 0 unspecified atom stereocenters. The number of alkyl halides is 3. The van der Waals surface area contributed by atoms with Crippen molar-refractivity contribution in [2.45, 2.75) is 6.18 Å². The quantitative estimate of drug-likeness (QED) is 0.405. The summed E-state index contributed by atoms with van der Waals surface area (Å²) in [4.78, 5) is 24.0. The summed E-state index contributed by atoms with van der Waals surface area (Å²) in [6.45, 7) is 4.89. The lowest BCUT2D eigenvalue weighted by molar-refractivity contribution is -0.138. The summed E-state index contributed by atoms with van der Waals surface area (Å²) < 4.78 is 47.1. The number of nitrogens with one attached hydrogen (secondary N) is 2. The van der Waals surface area contributed by atoms with Crippen molar-refractivity contribution in [1.29, 1.82) is 0 Å². The molecule has 0 atom stereocenters. The number of likely N-dealkylation sites (N-methyl/N-ethyl adjacent to an activating group) is 2. The molecule has 0 saturated carbocycles. The Hall–Kier alpha value is -4.13. The van der Waals surface area contributed by atoms with Gasteiger partial charge in [0.25, 0.3) is 0 Å². The second-order valence-corrected chi connectivity index (χ2v) is 7.99. The van der Waals surface area contributed by atoms with E-state index in [1.165, 1.54) is 25.6 Å². The van der Waals surface area contributed by atoms with E-state index in [4.69, 9.17) is 4.74 Å². The highest BCUT2D eigenvalue weighted by Crippen LogP contribution is 2.38. The minimum atomic E-state index is -4.68. The van der Waals surface area contributed by atoms with Gasteiger partial charge in [0.1, 0.15) is 11.3 Å². The fourth-order valence-electron chi connectivity index (χ4n) is 3.23. The van der Waals surface area contributed by atoms with Gasteiger partial charge in [0.05, 0.1) is 24.2 Å². The Balaban J connectivity index is 2.05. The number of methoxy groups -OCH3 is 1. The Morgan fingerprint density at radius 1 is 1.22 bits per heavy atom. The zero-order valence-corrected chi connectivity index (χ0v) is 20.3. The molecule has 0 fully saturated rings. The zero-order valence-electron chi connectivity index (χ0n) is 20.3. The Kier molecular flexibility index (Phi) is 8.14. The number of halogens is 3. The summed E-state index contributed by atoms with van der Waals surface area (Å²) in [5, 5.41) is 9.52. The maximum atomic E-state index is 13.5. The third-order valence-corrected chi connectivity index (χ3v) is 5.10. The lowest BCUT2D eigenvalue weighted by atomic mass is 10.2. The lowest BCUT2D eigenvalue weighted by Gasteiger charge is -2.26. The van der Waals surface area contributed by atoms with Crippen LogP contribution in [0, 0.1) is 0 Å². The van der Waals surface area contributed by atoms with Gasteiger partial charge >= 0.3 is 6.18 Å². The van der Waals surface area contributed by atoms with Crippen LogP contribution in [0.15, 0.2) is 49.4 Å². The van der Waals surface area contributed by atoms with E-state index in [0.717, 1.165) is 17.3 Å². The standard InChI is InChI=1S/C23H27F3N8O2/c1-6-20(35)29-16-12-17(19(36-5)13-18(16)33(4)11-10-32(2)3)30-22-27-14-15(23(24,25)26)21(31-22)34-9-7-8-28-34/h6-9,12-14H,1,10-11H2,2-5H3,(H,29,35)(H,27,30,31). The molecule has 1 aromatic carbocycles. The van der Waals surface area contributed by atoms with Gasteiger partial charge in [-0.05, 0) is 32.3 Å². The topological polar surface area (TPSA) is 100 Å². The number of ether oxygens (including phenoxy) is 1. The van der Waals surface area contributed by atoms with E-state index in [0.29, 0.717) is 35.6 Å². The molecule has 0 radical (unpaired) electrons. The molecular formula is C23H27F3N8O2. The SMILES string of the molecule is C=CC(=O)Nc1cc(Nc2ncc(C(F)(F)F)c(-n3cccn3)n2)c(OC)cc1N(C)CCN(C)C. The van der Waals surface area contributed by atoms with Gasteiger partial charge in [-0.1, -0.05) is 6.58 Å². The first-order valence-electron chi connectivity index (χ1n) is 10.8. The molecule has 1 amide bonds. The Bertz CT molecular complexity index is 1210. The number of rotatable bonds is 10. The Morgan fingerprint density at radius 3 is 2.56 bits per heavy atom. The number of benzene rings is 1. The molecule has 0 bridgehead atoms. The largest absolute Gasteiger partial charge is 0.494 e. The monoisotopic (exact) mass is 504 g/mol. The number of hydrogen-bond acceptors (Lipinski definition) is 8. The highest BCUT2D eigenvalue weighted by molar-refractivity contribution is 6.02. The van der Waals surface area contributed by atoms with Crippen LogP contribution in [0.1, 0.15) is 5.56 Å². The minimum absolute atomic E-state index is 0.124. The molecule has 0 aliphatic carbocycles. The zero-order chi connectivity index (χ0) is 26.5. The van der Waals surface area contributed by atoms with Crippen molar-refractivity contribution in [3.8, 4) is 11.6 Å². The average molecular weight is 505 g/mol. The van der Waals surface area contributed by atoms with Crippen molar-refractivity contribution in [2.24, 2.45) is 0 Å². The molecule has 36 heavy (non-hydrogen) atoms. The van der Waals surface area contributed by atoms with E-state index >= 15 is 0 Å². The summed E-state index contributed by atoms with van der Waals surface area (Å²) in [7, 11) is 7.21. The van der Waals surface area contributed by atoms with Crippen LogP contribution in [0.25, 0.3) is 5.82 Å². The van der Waals surface area contributed by atoms with E-state index < -0.39 is 23.5 Å². The number of carbonyl (C=O) groups is 1. The van der Waals surface area contributed by atoms with Crippen LogP contribution in [-0.2, 0) is 11.0 Å². The molecule has 0 aliphatic rings. The summed E-state index contributed by atoms with van der Waals surface area (Å²) in [6.07, 6.45) is -0.168. The van der Waals surface area contributed by atoms with Gasteiger partial charge in [0.15, 0.2) is 5.82 Å². The van der Waals surface area contributed by atoms with E-state index in [9.17, 15) is 18.0 Å². The highest BCUT2D eigenvalue weighted by atomic mass is 19.4. The molecule has 3 aromatic rings. The summed E-state index contributed by atoms with van der Waals surface area (Å²) in [6, 6.07) is 4.78. The first-order valence-corrected chi connectivity index (χ1v) is 10.8. The predicted molar refractivity (Wildman–Crippen MR) is 131 cm³/mol. The van der Waals surface area contributed by atoms with Gasteiger partial charge < -0.3 is 25.2 Å². The van der Waals surface area contributed by atoms with Crippen LogP contribution in [0.3, 0.4) is 0 Å². The van der Waals surface area contributed by atoms with E-state index in [1.54, 1.807) is 12.1 Å². The van der Waals surface area contributed by atoms with Gasteiger partial charge in [0.2, 0.25) is 11.9 Å². The molecular weight excluding hydrogens is 477 g/mol. The maximum Gasteiger partial charge on any atom is 0.421 e. The minimum Gasteiger partial charge on any atom is -0.494 e. The molecule has 10 nitrogen and oxygen atoms in total. The number of carbonyl (C=O) groups excluding carboxylic acids is 1. The van der Waals surface area contributed by atoms with Crippen LogP contribution in [0.5, 0.6) is 5.75 Å². The van der Waals surface area contributed by atoms with Crippen molar-refractivity contribution in [3.05, 3.63) is 55.0 Å². The molecule has 0 saturated heterocycles. The normalized spacial score (nSPS) is 11.3. The molecule has 0 spiro atoms. The molecule has 192 valence electrons. The summed E-state index contributed by atoms with van der Waals surface area (Å²) in [5.41, 5.74) is 0.386. The third-order valence-electron chi connectivity index (χ3n) is 5.10. The van der Waals surface area contributed by atoms with E-state index in [2.05, 4.69) is 32.3 Å². The van der Waals surface area contributed by atoms with Gasteiger partial charge in [-0.3, -0.25) is 4.79 Å². The maximum absolute atomic E-state index is 13.5. The fourth-order valence-corrected chi connectivity index (χ4v) is 3.23. The lowest BCUT2D eigenvalue weighted by Crippen LogP contribution is -2.29. The summed E-state index contributed by atoms with van der Waals surface area (Å²) in [5.74, 6) is -0.631. The van der Waals surface area contributed by atoms with Crippen molar-refractivity contribution in [3.63, 3.8) is 0 Å². The molecule has 0 aliphatic heterocycles. The molecule has 2 heterocycles. The Labute approximate surface area is 206 Å². The van der Waals surface area contributed by atoms with Gasteiger partial charge in [-0.25, -0.2) is 9.67 Å². The predicted octanol–water partition coefficient (Wildman–Crippen LogP) is 3.56. The molecule has 2 aromatic heterocycles. The number of amides is 1. The first kappa shape index (κ1) is 26.5. The van der Waals surface area contributed by atoms with E-state index in [-0.39, 0.29) is 5.95 Å². The van der Waals surface area contributed by atoms with Crippen LogP contribution >= 0.6 is 0 Å². The average Bonchev–Trinajstić information content (AvgIpc) is 3.37. The second-order valence-electron chi connectivity index (χ2n) is 7.99. The molecule has 13 heteroatoms. The number of aromatic nitrogens is 4. The van der Waals surface area contributed by atoms with Crippen molar-refractivity contribution >= 4 is 28.9 Å². The van der Waals surface area contributed by atoms with Crippen LogP contribution in [0.2, 0.25) is 0 Å². The van der Waals surface area contributed by atoms with E-state index in [1.807, 2.05) is 30.9 Å². The smallest absolute Gasteiger partial charge is 0.421 e. The number of anilines is 4. The number of nitrogens with zero attached hydrogens (tertiary/aromatic N) is 6. The van der Waals surface area contributed by atoms with Crippen molar-refractivity contribution < 1.29 is 22.7 Å². The second kappa shape index (κ2) is 11.1. The Morgan fingerprint density at radius 2 is 1.97 bits per heavy atom. The molecule has 3 rings (SSSR count). The molecule has 2 N–H and O–H groups in total. The van der Waals surface area contributed by atoms with Gasteiger partial charge in [0, 0.05) is 44.8 Å². The van der Waals surface area contributed by atoms with Crippen molar-refractivity contribution in [2.75, 3.05) is 56.9 Å². The number of hydrogen-bond donors (Lipinski definition) is 2. The van der Waals surface area contributed by atoms with Crippen molar-refractivity contribution in [1.82, 2.24) is 24.6 Å².